The molecule has 0 radical (unpaired) electrons. The number of Topliss-reactive ketones (excluding diaryl/α,β-unsaturated/α-hetero) is 1. The zero-order valence-electron chi connectivity index (χ0n) is 11.1. The maximum absolute atomic E-state index is 12.1. The average Bonchev–Trinajstić information content (AvgIpc) is 2.76. The van der Waals surface area contributed by atoms with Gasteiger partial charge < -0.3 is 15.0 Å². The van der Waals surface area contributed by atoms with Crippen molar-refractivity contribution >= 4 is 17.7 Å². The molecule has 6 nitrogen and oxygen atoms in total. The van der Waals surface area contributed by atoms with Crippen LogP contribution in [0.3, 0.4) is 0 Å². The minimum absolute atomic E-state index is 0.0189. The Morgan fingerprint density at radius 2 is 2.11 bits per heavy atom. The summed E-state index contributed by atoms with van der Waals surface area (Å²) in [7, 11) is 1.62. The Balaban J connectivity index is 2.57. The lowest BCUT2D eigenvalue weighted by Crippen LogP contribution is -2.45. The third-order valence-electron chi connectivity index (χ3n) is 2.98. The van der Waals surface area contributed by atoms with E-state index in [1.807, 2.05) is 0 Å². The van der Waals surface area contributed by atoms with Crippen LogP contribution in [0.5, 0.6) is 0 Å². The number of rotatable bonds is 5. The van der Waals surface area contributed by atoms with E-state index in [9.17, 15) is 14.4 Å². The Morgan fingerprint density at radius 3 is 2.67 bits per heavy atom. The number of ether oxygens (including phenoxy) is 1. The number of likely N-dealkylation sites (tertiary alicyclic amines) is 1. The van der Waals surface area contributed by atoms with Crippen LogP contribution >= 0.6 is 0 Å². The first-order chi connectivity index (χ1) is 8.47. The third-order valence-corrected chi connectivity index (χ3v) is 2.98. The van der Waals surface area contributed by atoms with Gasteiger partial charge in [0.25, 0.3) is 5.91 Å². The van der Waals surface area contributed by atoms with Crippen molar-refractivity contribution < 1.29 is 19.1 Å². The third kappa shape index (κ3) is 3.53. The molecule has 1 saturated heterocycles. The van der Waals surface area contributed by atoms with Crippen LogP contribution in [0.1, 0.15) is 26.7 Å². The van der Waals surface area contributed by atoms with Crippen LogP contribution < -0.4 is 5.32 Å². The minimum atomic E-state index is -0.842. The van der Waals surface area contributed by atoms with Crippen molar-refractivity contribution in [3.8, 4) is 0 Å². The molecule has 0 spiro atoms. The summed E-state index contributed by atoms with van der Waals surface area (Å²) >= 11 is 0. The number of carbonyl (C=O) groups excluding carboxylic acids is 3. The lowest BCUT2D eigenvalue weighted by Gasteiger charge is -2.25. The van der Waals surface area contributed by atoms with Crippen molar-refractivity contribution in [2.75, 3.05) is 20.1 Å². The molecule has 18 heavy (non-hydrogen) atoms. The number of hydrogen-bond acceptors (Lipinski definition) is 5. The van der Waals surface area contributed by atoms with Crippen LogP contribution in [-0.2, 0) is 19.1 Å². The van der Waals surface area contributed by atoms with E-state index in [4.69, 9.17) is 4.74 Å². The van der Waals surface area contributed by atoms with E-state index < -0.39 is 12.1 Å². The van der Waals surface area contributed by atoms with Crippen molar-refractivity contribution in [2.45, 2.75) is 38.8 Å². The molecule has 2 unspecified atom stereocenters. The molecule has 1 heterocycles. The van der Waals surface area contributed by atoms with E-state index in [2.05, 4.69) is 5.32 Å². The van der Waals surface area contributed by atoms with Gasteiger partial charge in [-0.1, -0.05) is 0 Å². The quantitative estimate of drug-likeness (QED) is 0.685. The van der Waals surface area contributed by atoms with Crippen molar-refractivity contribution in [3.05, 3.63) is 0 Å². The zero-order valence-corrected chi connectivity index (χ0v) is 11.1. The molecule has 0 aromatic carbocycles. The van der Waals surface area contributed by atoms with Gasteiger partial charge in [0, 0.05) is 6.54 Å². The fourth-order valence-corrected chi connectivity index (χ4v) is 2.12. The normalized spacial score (nSPS) is 20.6. The van der Waals surface area contributed by atoms with E-state index in [1.165, 1.54) is 18.7 Å². The Bertz CT molecular complexity index is 343. The second-order valence-electron chi connectivity index (χ2n) is 4.46. The smallest absolute Gasteiger partial charge is 0.320 e. The second-order valence-corrected chi connectivity index (χ2v) is 4.46. The predicted molar refractivity (Wildman–Crippen MR) is 64.9 cm³/mol. The Labute approximate surface area is 107 Å². The molecular formula is C12H20N2O4. The number of hydrogen-bond donors (Lipinski definition) is 1. The molecular weight excluding hydrogens is 236 g/mol. The van der Waals surface area contributed by atoms with E-state index in [0.717, 1.165) is 6.42 Å². The van der Waals surface area contributed by atoms with Crippen LogP contribution in [0.2, 0.25) is 0 Å². The van der Waals surface area contributed by atoms with Crippen LogP contribution in [0.15, 0.2) is 0 Å². The molecule has 0 saturated carbocycles. The Hall–Kier alpha value is -1.43. The highest BCUT2D eigenvalue weighted by Crippen LogP contribution is 2.19. The number of esters is 1. The minimum Gasteiger partial charge on any atom is -0.452 e. The first-order valence-corrected chi connectivity index (χ1v) is 6.12. The van der Waals surface area contributed by atoms with Gasteiger partial charge >= 0.3 is 5.97 Å². The van der Waals surface area contributed by atoms with Crippen LogP contribution in [0.25, 0.3) is 0 Å². The fourth-order valence-electron chi connectivity index (χ4n) is 2.12. The number of amides is 1. The van der Waals surface area contributed by atoms with Crippen molar-refractivity contribution in [3.63, 3.8) is 0 Å². The Morgan fingerprint density at radius 1 is 1.44 bits per heavy atom. The zero-order chi connectivity index (χ0) is 13.7. The summed E-state index contributed by atoms with van der Waals surface area (Å²) in [5.41, 5.74) is 0. The molecule has 1 N–H and O–H groups in total. The Kier molecular flexibility index (Phi) is 5.27. The molecule has 102 valence electrons. The molecule has 6 heteroatoms. The second kappa shape index (κ2) is 6.49. The van der Waals surface area contributed by atoms with Gasteiger partial charge in [-0.25, -0.2) is 0 Å². The SMILES string of the molecule is CNCC(=O)OC(C)C(=O)N1CCCC1C(C)=O. The lowest BCUT2D eigenvalue weighted by atomic mass is 10.1. The number of nitrogens with zero attached hydrogens (tertiary/aromatic N) is 1. The van der Waals surface area contributed by atoms with E-state index in [0.29, 0.717) is 13.0 Å². The van der Waals surface area contributed by atoms with Gasteiger partial charge in [0.1, 0.15) is 0 Å². The van der Waals surface area contributed by atoms with E-state index >= 15 is 0 Å². The summed E-state index contributed by atoms with van der Waals surface area (Å²) < 4.78 is 4.99. The molecule has 1 aliphatic heterocycles. The van der Waals surface area contributed by atoms with Gasteiger partial charge in [-0.3, -0.25) is 14.4 Å². The van der Waals surface area contributed by atoms with Crippen LogP contribution in [0, 0.1) is 0 Å². The highest BCUT2D eigenvalue weighted by molar-refractivity contribution is 5.90. The van der Waals surface area contributed by atoms with Crippen LogP contribution in [-0.4, -0.2) is 54.8 Å². The predicted octanol–water partition coefficient (Wildman–Crippen LogP) is -0.282. The molecule has 0 aliphatic carbocycles. The fraction of sp³-hybridized carbons (Fsp3) is 0.750. The topological polar surface area (TPSA) is 75.7 Å². The number of likely N-dealkylation sites (N-methyl/N-ethyl adjacent to an activating group) is 1. The van der Waals surface area contributed by atoms with E-state index in [-0.39, 0.29) is 24.3 Å². The summed E-state index contributed by atoms with van der Waals surface area (Å²) in [6, 6.07) is -0.358. The summed E-state index contributed by atoms with van der Waals surface area (Å²) in [4.78, 5) is 36.3. The van der Waals surface area contributed by atoms with E-state index in [1.54, 1.807) is 7.05 Å². The molecule has 1 rings (SSSR count). The summed E-state index contributed by atoms with van der Waals surface area (Å²) in [5, 5.41) is 2.65. The summed E-state index contributed by atoms with van der Waals surface area (Å²) in [6.45, 7) is 3.63. The highest BCUT2D eigenvalue weighted by Gasteiger charge is 2.35. The first kappa shape index (κ1) is 14.6. The summed E-state index contributed by atoms with van der Waals surface area (Å²) in [6.07, 6.45) is 0.664. The molecule has 2 atom stereocenters. The van der Waals surface area contributed by atoms with Gasteiger partial charge in [0.2, 0.25) is 0 Å². The van der Waals surface area contributed by atoms with Crippen molar-refractivity contribution in [1.82, 2.24) is 10.2 Å². The molecule has 0 aromatic heterocycles. The monoisotopic (exact) mass is 256 g/mol. The van der Waals surface area contributed by atoms with Crippen LogP contribution in [0.4, 0.5) is 0 Å². The van der Waals surface area contributed by atoms with Gasteiger partial charge in [0.05, 0.1) is 12.6 Å². The molecule has 0 aromatic rings. The molecule has 1 fully saturated rings. The summed E-state index contributed by atoms with van der Waals surface area (Å²) in [5.74, 6) is -0.788. The average molecular weight is 256 g/mol. The van der Waals surface area contributed by atoms with Crippen molar-refractivity contribution in [1.29, 1.82) is 0 Å². The highest BCUT2D eigenvalue weighted by atomic mass is 16.5. The number of carbonyl (C=O) groups is 3. The first-order valence-electron chi connectivity index (χ1n) is 6.12. The van der Waals surface area contributed by atoms with Gasteiger partial charge in [-0.15, -0.1) is 0 Å². The van der Waals surface area contributed by atoms with Crippen molar-refractivity contribution in [2.24, 2.45) is 0 Å². The molecule has 0 bridgehead atoms. The van der Waals surface area contributed by atoms with Gasteiger partial charge in [-0.05, 0) is 33.7 Å². The number of ketones is 1. The largest absolute Gasteiger partial charge is 0.452 e. The maximum atomic E-state index is 12.1. The molecule has 1 amide bonds. The van der Waals surface area contributed by atoms with Gasteiger partial charge in [-0.2, -0.15) is 0 Å². The molecule has 1 aliphatic rings. The maximum Gasteiger partial charge on any atom is 0.320 e. The standard InChI is InChI=1S/C12H20N2O4/c1-8(15)10-5-4-6-14(10)12(17)9(2)18-11(16)7-13-3/h9-10,13H,4-7H2,1-3H3. The van der Waals surface area contributed by atoms with Gasteiger partial charge in [0.15, 0.2) is 11.9 Å². The number of nitrogens with one attached hydrogen (secondary N) is 1. The lowest BCUT2D eigenvalue weighted by molar-refractivity contribution is -0.159.